The molecule has 3 aromatic rings. The number of rotatable bonds is 3. The molecule has 0 saturated heterocycles. The monoisotopic (exact) mass is 309 g/mol. The Kier molecular flexibility index (Phi) is 3.18. The van der Waals surface area contributed by atoms with Gasteiger partial charge in [0.2, 0.25) is 11.8 Å². The van der Waals surface area contributed by atoms with E-state index in [1.165, 1.54) is 5.56 Å². The first-order valence-corrected chi connectivity index (χ1v) is 7.44. The molecular formula is C16H15N5O2. The van der Waals surface area contributed by atoms with E-state index in [0.29, 0.717) is 23.7 Å². The summed E-state index contributed by atoms with van der Waals surface area (Å²) in [4.78, 5) is 17.2. The van der Waals surface area contributed by atoms with Crippen LogP contribution in [0.3, 0.4) is 0 Å². The number of nitrogens with zero attached hydrogens (tertiary/aromatic N) is 4. The topological polar surface area (TPSA) is 96.0 Å². The molecule has 7 heteroatoms. The molecule has 2 N–H and O–H groups in total. The average Bonchev–Trinajstić information content (AvgIpc) is 3.02. The molecule has 1 aliphatic heterocycles. The Morgan fingerprint density at radius 3 is 3.04 bits per heavy atom. The fourth-order valence-corrected chi connectivity index (χ4v) is 2.62. The molecular weight excluding hydrogens is 294 g/mol. The lowest BCUT2D eigenvalue weighted by Gasteiger charge is -2.08. The zero-order chi connectivity index (χ0) is 15.8. The summed E-state index contributed by atoms with van der Waals surface area (Å²) in [6, 6.07) is 6.02. The SMILES string of the molecule is CCOc1nc(N)nc2ncc(-c3ccc4c(c3)CCO4)nc12. The predicted octanol–water partition coefficient (Wildman–Crippen LogP) is 2.00. The normalized spacial score (nSPS) is 12.9. The van der Waals surface area contributed by atoms with Crippen LogP contribution in [0, 0.1) is 0 Å². The zero-order valence-electron chi connectivity index (χ0n) is 12.6. The van der Waals surface area contributed by atoms with E-state index in [1.54, 1.807) is 6.20 Å². The largest absolute Gasteiger partial charge is 0.493 e. The predicted molar refractivity (Wildman–Crippen MR) is 85.3 cm³/mol. The number of nitrogens with two attached hydrogens (primary N) is 1. The minimum absolute atomic E-state index is 0.123. The fourth-order valence-electron chi connectivity index (χ4n) is 2.62. The molecule has 3 heterocycles. The second-order valence-electron chi connectivity index (χ2n) is 5.17. The lowest BCUT2D eigenvalue weighted by atomic mass is 10.1. The summed E-state index contributed by atoms with van der Waals surface area (Å²) in [5, 5.41) is 0. The molecule has 0 bridgehead atoms. The first-order valence-electron chi connectivity index (χ1n) is 7.44. The summed E-state index contributed by atoms with van der Waals surface area (Å²) in [6.07, 6.45) is 2.59. The minimum atomic E-state index is 0.123. The first-order chi connectivity index (χ1) is 11.2. The molecule has 0 amide bonds. The number of nitrogen functional groups attached to an aromatic ring is 1. The van der Waals surface area contributed by atoms with Crippen molar-refractivity contribution < 1.29 is 9.47 Å². The van der Waals surface area contributed by atoms with Crippen molar-refractivity contribution in [3.05, 3.63) is 30.0 Å². The second kappa shape index (κ2) is 5.35. The van der Waals surface area contributed by atoms with Gasteiger partial charge in [0.05, 0.1) is 25.1 Å². The van der Waals surface area contributed by atoms with Crippen molar-refractivity contribution in [2.24, 2.45) is 0 Å². The van der Waals surface area contributed by atoms with E-state index < -0.39 is 0 Å². The van der Waals surface area contributed by atoms with Crippen LogP contribution in [0.25, 0.3) is 22.4 Å². The third kappa shape index (κ3) is 2.40. The Hall–Kier alpha value is -2.96. The van der Waals surface area contributed by atoms with Crippen molar-refractivity contribution in [3.8, 4) is 22.9 Å². The van der Waals surface area contributed by atoms with E-state index in [4.69, 9.17) is 15.2 Å². The lowest BCUT2D eigenvalue weighted by Crippen LogP contribution is -2.04. The number of ether oxygens (including phenoxy) is 2. The summed E-state index contributed by atoms with van der Waals surface area (Å²) in [5.41, 5.74) is 9.51. The Balaban J connectivity index is 1.85. The highest BCUT2D eigenvalue weighted by molar-refractivity contribution is 5.79. The lowest BCUT2D eigenvalue weighted by molar-refractivity contribution is 0.330. The highest BCUT2D eigenvalue weighted by Crippen LogP contribution is 2.30. The minimum Gasteiger partial charge on any atom is -0.493 e. The number of hydrogen-bond acceptors (Lipinski definition) is 7. The van der Waals surface area contributed by atoms with Crippen LogP contribution >= 0.6 is 0 Å². The molecule has 2 aromatic heterocycles. The van der Waals surface area contributed by atoms with Gasteiger partial charge in [-0.15, -0.1) is 0 Å². The Labute approximate surface area is 132 Å². The van der Waals surface area contributed by atoms with E-state index in [2.05, 4.69) is 26.0 Å². The summed E-state index contributed by atoms with van der Waals surface area (Å²) in [7, 11) is 0. The molecule has 0 fully saturated rings. The number of anilines is 1. The summed E-state index contributed by atoms with van der Waals surface area (Å²) >= 11 is 0. The molecule has 1 aromatic carbocycles. The molecule has 4 rings (SSSR count). The average molecular weight is 309 g/mol. The van der Waals surface area contributed by atoms with Crippen LogP contribution in [0.5, 0.6) is 11.6 Å². The van der Waals surface area contributed by atoms with Gasteiger partial charge in [-0.3, -0.25) is 0 Å². The molecule has 0 unspecified atom stereocenters. The van der Waals surface area contributed by atoms with E-state index >= 15 is 0 Å². The fraction of sp³-hybridized carbons (Fsp3) is 0.250. The quantitative estimate of drug-likeness (QED) is 0.790. The van der Waals surface area contributed by atoms with Crippen LogP contribution in [0.15, 0.2) is 24.4 Å². The Morgan fingerprint density at radius 1 is 1.26 bits per heavy atom. The Morgan fingerprint density at radius 2 is 2.17 bits per heavy atom. The van der Waals surface area contributed by atoms with Gasteiger partial charge in [-0.1, -0.05) is 0 Å². The van der Waals surface area contributed by atoms with Gasteiger partial charge in [0, 0.05) is 12.0 Å². The van der Waals surface area contributed by atoms with Gasteiger partial charge in [-0.2, -0.15) is 9.97 Å². The van der Waals surface area contributed by atoms with Gasteiger partial charge in [0.15, 0.2) is 11.2 Å². The van der Waals surface area contributed by atoms with Gasteiger partial charge < -0.3 is 15.2 Å². The molecule has 0 aliphatic carbocycles. The molecule has 0 atom stereocenters. The van der Waals surface area contributed by atoms with Crippen LogP contribution in [0.1, 0.15) is 12.5 Å². The van der Waals surface area contributed by atoms with Crippen LogP contribution in [-0.4, -0.2) is 33.1 Å². The maximum atomic E-state index is 5.68. The van der Waals surface area contributed by atoms with E-state index in [1.807, 2.05) is 19.1 Å². The molecule has 0 spiro atoms. The molecule has 1 aliphatic rings. The van der Waals surface area contributed by atoms with Gasteiger partial charge in [0.1, 0.15) is 5.75 Å². The summed E-state index contributed by atoms with van der Waals surface area (Å²) < 4.78 is 11.0. The Bertz CT molecular complexity index is 897. The van der Waals surface area contributed by atoms with Crippen LogP contribution in [-0.2, 0) is 6.42 Å². The third-order valence-electron chi connectivity index (χ3n) is 3.66. The highest BCUT2D eigenvalue weighted by atomic mass is 16.5. The van der Waals surface area contributed by atoms with Gasteiger partial charge in [0.25, 0.3) is 0 Å². The molecule has 0 saturated carbocycles. The van der Waals surface area contributed by atoms with Crippen molar-refractivity contribution in [3.63, 3.8) is 0 Å². The standard InChI is InChI=1S/C16H15N5O2/c1-2-22-15-13-14(20-16(17)21-15)18-8-11(19-13)9-3-4-12-10(7-9)5-6-23-12/h3-4,7-8H,2,5-6H2,1H3,(H2,17,18,20,21). The van der Waals surface area contributed by atoms with Crippen molar-refractivity contribution in [1.29, 1.82) is 0 Å². The molecule has 116 valence electrons. The number of hydrogen-bond donors (Lipinski definition) is 1. The molecule has 23 heavy (non-hydrogen) atoms. The van der Waals surface area contributed by atoms with Crippen molar-refractivity contribution in [1.82, 2.24) is 19.9 Å². The zero-order valence-corrected chi connectivity index (χ0v) is 12.6. The van der Waals surface area contributed by atoms with Gasteiger partial charge >= 0.3 is 0 Å². The van der Waals surface area contributed by atoms with Crippen LogP contribution in [0.2, 0.25) is 0 Å². The number of fused-ring (bicyclic) bond motifs is 2. The summed E-state index contributed by atoms with van der Waals surface area (Å²) in [6.45, 7) is 3.07. The van der Waals surface area contributed by atoms with Crippen molar-refractivity contribution in [2.45, 2.75) is 13.3 Å². The van der Waals surface area contributed by atoms with Gasteiger partial charge in [-0.25, -0.2) is 9.97 Å². The second-order valence-corrected chi connectivity index (χ2v) is 5.17. The van der Waals surface area contributed by atoms with Crippen LogP contribution in [0.4, 0.5) is 5.95 Å². The van der Waals surface area contributed by atoms with E-state index in [0.717, 1.165) is 30.0 Å². The molecule has 0 radical (unpaired) electrons. The van der Waals surface area contributed by atoms with E-state index in [9.17, 15) is 0 Å². The van der Waals surface area contributed by atoms with Crippen LogP contribution < -0.4 is 15.2 Å². The third-order valence-corrected chi connectivity index (χ3v) is 3.66. The first kappa shape index (κ1) is 13.7. The van der Waals surface area contributed by atoms with Crippen molar-refractivity contribution in [2.75, 3.05) is 18.9 Å². The van der Waals surface area contributed by atoms with Crippen molar-refractivity contribution >= 4 is 17.1 Å². The molecule has 7 nitrogen and oxygen atoms in total. The summed E-state index contributed by atoms with van der Waals surface area (Å²) in [5.74, 6) is 1.42. The smallest absolute Gasteiger partial charge is 0.247 e. The highest BCUT2D eigenvalue weighted by Gasteiger charge is 2.15. The number of benzene rings is 1. The number of aromatic nitrogens is 4. The maximum absolute atomic E-state index is 5.68. The maximum Gasteiger partial charge on any atom is 0.247 e. The van der Waals surface area contributed by atoms with Gasteiger partial charge in [-0.05, 0) is 30.7 Å². The van der Waals surface area contributed by atoms with E-state index in [-0.39, 0.29) is 5.95 Å².